The van der Waals surface area contributed by atoms with Gasteiger partial charge < -0.3 is 5.11 Å². The Labute approximate surface area is 95.6 Å². The lowest BCUT2D eigenvalue weighted by Crippen LogP contribution is -2.27. The molecule has 0 amide bonds. The van der Waals surface area contributed by atoms with Gasteiger partial charge >= 0.3 is 5.97 Å². The Morgan fingerprint density at radius 3 is 2.53 bits per heavy atom. The van der Waals surface area contributed by atoms with Crippen molar-refractivity contribution >= 4 is 21.9 Å². The van der Waals surface area contributed by atoms with Crippen molar-refractivity contribution in [1.82, 2.24) is 4.90 Å². The predicted octanol–water partition coefficient (Wildman–Crippen LogP) is 2.28. The van der Waals surface area contributed by atoms with Crippen LogP contribution in [0.2, 0.25) is 0 Å². The summed E-state index contributed by atoms with van der Waals surface area (Å²) < 4.78 is 13.3. The van der Waals surface area contributed by atoms with E-state index in [0.29, 0.717) is 10.0 Å². The second-order valence-electron chi connectivity index (χ2n) is 3.37. The van der Waals surface area contributed by atoms with Crippen molar-refractivity contribution in [3.05, 3.63) is 34.1 Å². The van der Waals surface area contributed by atoms with Crippen molar-refractivity contribution in [2.45, 2.75) is 6.04 Å². The number of carboxylic acids is 1. The number of nitrogens with zero attached hydrogens (tertiary/aromatic N) is 1. The van der Waals surface area contributed by atoms with Crippen LogP contribution in [0.3, 0.4) is 0 Å². The first-order valence-corrected chi connectivity index (χ1v) is 5.07. The Hall–Kier alpha value is -0.940. The zero-order chi connectivity index (χ0) is 11.6. The number of likely N-dealkylation sites (N-methyl/N-ethyl adjacent to an activating group) is 1. The molecule has 0 saturated heterocycles. The van der Waals surface area contributed by atoms with Gasteiger partial charge in [-0.15, -0.1) is 0 Å². The van der Waals surface area contributed by atoms with Gasteiger partial charge in [0.1, 0.15) is 11.9 Å². The van der Waals surface area contributed by atoms with Gasteiger partial charge in [0, 0.05) is 4.47 Å². The van der Waals surface area contributed by atoms with Crippen molar-refractivity contribution in [3.63, 3.8) is 0 Å². The first-order valence-electron chi connectivity index (χ1n) is 4.27. The molecule has 82 valence electrons. The van der Waals surface area contributed by atoms with Crippen molar-refractivity contribution in [2.75, 3.05) is 14.1 Å². The van der Waals surface area contributed by atoms with Crippen molar-refractivity contribution < 1.29 is 14.3 Å². The highest BCUT2D eigenvalue weighted by molar-refractivity contribution is 9.10. The van der Waals surface area contributed by atoms with Gasteiger partial charge in [-0.2, -0.15) is 0 Å². The Morgan fingerprint density at radius 2 is 2.13 bits per heavy atom. The van der Waals surface area contributed by atoms with E-state index in [1.165, 1.54) is 18.2 Å². The SMILES string of the molecule is CN(C)C(C(=O)O)c1ccc(F)cc1Br. The molecule has 0 spiro atoms. The number of aliphatic carboxylic acids is 1. The largest absolute Gasteiger partial charge is 0.480 e. The summed E-state index contributed by atoms with van der Waals surface area (Å²) in [6.07, 6.45) is 0. The molecule has 1 N–H and O–H groups in total. The molecule has 0 heterocycles. The highest BCUT2D eigenvalue weighted by Crippen LogP contribution is 2.27. The average molecular weight is 276 g/mol. The van der Waals surface area contributed by atoms with Gasteiger partial charge in [0.15, 0.2) is 0 Å². The lowest BCUT2D eigenvalue weighted by molar-refractivity contribution is -0.142. The smallest absolute Gasteiger partial charge is 0.325 e. The third kappa shape index (κ3) is 2.76. The van der Waals surface area contributed by atoms with Gasteiger partial charge in [-0.05, 0) is 31.8 Å². The highest BCUT2D eigenvalue weighted by atomic mass is 79.9. The molecule has 0 aliphatic carbocycles. The Kier molecular flexibility index (Phi) is 3.82. The van der Waals surface area contributed by atoms with E-state index in [4.69, 9.17) is 5.11 Å². The molecule has 1 aromatic rings. The molecule has 0 fully saturated rings. The zero-order valence-corrected chi connectivity index (χ0v) is 9.95. The zero-order valence-electron chi connectivity index (χ0n) is 8.37. The van der Waals surface area contributed by atoms with E-state index in [-0.39, 0.29) is 0 Å². The molecule has 15 heavy (non-hydrogen) atoms. The van der Waals surface area contributed by atoms with E-state index in [1.807, 2.05) is 0 Å². The monoisotopic (exact) mass is 275 g/mol. The third-order valence-corrected chi connectivity index (χ3v) is 2.69. The number of benzene rings is 1. The Balaban J connectivity index is 3.17. The minimum absolute atomic E-state index is 0.395. The molecule has 0 aliphatic rings. The second-order valence-corrected chi connectivity index (χ2v) is 4.22. The van der Waals surface area contributed by atoms with Gasteiger partial charge in [-0.25, -0.2) is 4.39 Å². The molecule has 0 radical (unpaired) electrons. The van der Waals surface area contributed by atoms with Crippen LogP contribution in [0.15, 0.2) is 22.7 Å². The van der Waals surface area contributed by atoms with Gasteiger partial charge in [0.05, 0.1) is 0 Å². The van der Waals surface area contributed by atoms with Crippen LogP contribution in [0, 0.1) is 5.82 Å². The minimum Gasteiger partial charge on any atom is -0.480 e. The third-order valence-electron chi connectivity index (χ3n) is 2.01. The maximum Gasteiger partial charge on any atom is 0.325 e. The summed E-state index contributed by atoms with van der Waals surface area (Å²) in [6, 6.07) is 3.20. The molecule has 1 aromatic carbocycles. The van der Waals surface area contributed by atoms with Crippen LogP contribution < -0.4 is 0 Å². The van der Waals surface area contributed by atoms with Crippen molar-refractivity contribution in [3.8, 4) is 0 Å². The molecule has 1 atom stereocenters. The number of halogens is 2. The summed E-state index contributed by atoms with van der Waals surface area (Å²) in [7, 11) is 3.32. The van der Waals surface area contributed by atoms with E-state index in [0.717, 1.165) is 0 Å². The molecular formula is C10H11BrFNO2. The van der Waals surface area contributed by atoms with Gasteiger partial charge in [0.2, 0.25) is 0 Å². The summed E-state index contributed by atoms with van der Waals surface area (Å²) in [6.45, 7) is 0. The normalized spacial score (nSPS) is 12.9. The fourth-order valence-corrected chi connectivity index (χ4v) is 1.92. The fraction of sp³-hybridized carbons (Fsp3) is 0.300. The maximum absolute atomic E-state index is 12.8. The summed E-state index contributed by atoms with van der Waals surface area (Å²) in [5.74, 6) is -1.36. The summed E-state index contributed by atoms with van der Waals surface area (Å²) in [5, 5.41) is 9.03. The van der Waals surface area contributed by atoms with E-state index < -0.39 is 17.8 Å². The van der Waals surface area contributed by atoms with Crippen molar-refractivity contribution in [1.29, 1.82) is 0 Å². The molecule has 0 aromatic heterocycles. The standard InChI is InChI=1S/C10H11BrFNO2/c1-13(2)9(10(14)15)7-4-3-6(12)5-8(7)11/h3-5,9H,1-2H3,(H,14,15). The number of rotatable bonds is 3. The minimum atomic E-state index is -0.965. The summed E-state index contributed by atoms with van der Waals surface area (Å²) in [5.41, 5.74) is 0.536. The molecule has 0 saturated carbocycles. The van der Waals surface area contributed by atoms with Crippen molar-refractivity contribution in [2.24, 2.45) is 0 Å². The van der Waals surface area contributed by atoms with Crippen LogP contribution in [-0.4, -0.2) is 30.1 Å². The Morgan fingerprint density at radius 1 is 1.53 bits per heavy atom. The molecule has 3 nitrogen and oxygen atoms in total. The molecule has 5 heteroatoms. The predicted molar refractivity (Wildman–Crippen MR) is 58.2 cm³/mol. The number of carboxylic acid groups (broad SMARTS) is 1. The van der Waals surface area contributed by atoms with Crippen LogP contribution >= 0.6 is 15.9 Å². The molecular weight excluding hydrogens is 265 g/mol. The Bertz CT molecular complexity index is 382. The highest BCUT2D eigenvalue weighted by Gasteiger charge is 2.24. The van der Waals surface area contributed by atoms with E-state index in [1.54, 1.807) is 19.0 Å². The molecule has 0 bridgehead atoms. The molecule has 1 rings (SSSR count). The lowest BCUT2D eigenvalue weighted by Gasteiger charge is -2.21. The summed E-state index contributed by atoms with van der Waals surface area (Å²) >= 11 is 3.15. The first-order chi connectivity index (χ1) is 6.93. The van der Waals surface area contributed by atoms with Gasteiger partial charge in [-0.1, -0.05) is 22.0 Å². The lowest BCUT2D eigenvalue weighted by atomic mass is 10.1. The van der Waals surface area contributed by atoms with Gasteiger partial charge in [-0.3, -0.25) is 9.69 Å². The average Bonchev–Trinajstić information content (AvgIpc) is 2.08. The molecule has 0 aliphatic heterocycles. The van der Waals surface area contributed by atoms with E-state index in [9.17, 15) is 9.18 Å². The van der Waals surface area contributed by atoms with E-state index >= 15 is 0 Å². The summed E-state index contributed by atoms with van der Waals surface area (Å²) in [4.78, 5) is 12.6. The first kappa shape index (κ1) is 12.1. The quantitative estimate of drug-likeness (QED) is 0.920. The topological polar surface area (TPSA) is 40.5 Å². The van der Waals surface area contributed by atoms with Crippen LogP contribution in [0.5, 0.6) is 0 Å². The fourth-order valence-electron chi connectivity index (χ4n) is 1.36. The second kappa shape index (κ2) is 4.72. The van der Waals surface area contributed by atoms with Crippen LogP contribution in [0.1, 0.15) is 11.6 Å². The van der Waals surface area contributed by atoms with E-state index in [2.05, 4.69) is 15.9 Å². The van der Waals surface area contributed by atoms with Crippen LogP contribution in [0.25, 0.3) is 0 Å². The number of carbonyl (C=O) groups is 1. The number of hydrogen-bond donors (Lipinski definition) is 1. The van der Waals surface area contributed by atoms with Gasteiger partial charge in [0.25, 0.3) is 0 Å². The van der Waals surface area contributed by atoms with Crippen LogP contribution in [0.4, 0.5) is 4.39 Å². The number of hydrogen-bond acceptors (Lipinski definition) is 2. The molecule has 1 unspecified atom stereocenters. The maximum atomic E-state index is 12.8. The van der Waals surface area contributed by atoms with Crippen LogP contribution in [-0.2, 0) is 4.79 Å².